The number of carbonyl (C=O) groups is 1. The standard InChI is InChI=1S/C18H21NO4S/c1-23-17-6-4-3-5-15(17)13-18(20)19-12-11-14-7-9-16(10-8-14)24(2,21)22/h3-10H,11-13H2,1-2H3,(H,19,20). The van der Waals surface area contributed by atoms with Crippen LogP contribution < -0.4 is 10.1 Å². The number of hydrogen-bond donors (Lipinski definition) is 1. The summed E-state index contributed by atoms with van der Waals surface area (Å²) in [5.41, 5.74) is 1.81. The predicted octanol–water partition coefficient (Wildman–Crippen LogP) is 2.00. The fourth-order valence-corrected chi connectivity index (χ4v) is 2.96. The monoisotopic (exact) mass is 347 g/mol. The van der Waals surface area contributed by atoms with Crippen molar-refractivity contribution >= 4 is 15.7 Å². The normalized spacial score (nSPS) is 11.1. The maximum Gasteiger partial charge on any atom is 0.224 e. The van der Waals surface area contributed by atoms with Gasteiger partial charge < -0.3 is 10.1 Å². The molecule has 5 nitrogen and oxygen atoms in total. The van der Waals surface area contributed by atoms with E-state index in [1.807, 2.05) is 24.3 Å². The van der Waals surface area contributed by atoms with Crippen molar-refractivity contribution in [3.05, 3.63) is 59.7 Å². The first-order valence-electron chi connectivity index (χ1n) is 7.58. The van der Waals surface area contributed by atoms with Crippen LogP contribution in [0.1, 0.15) is 11.1 Å². The highest BCUT2D eigenvalue weighted by atomic mass is 32.2. The Morgan fingerprint density at radius 2 is 1.75 bits per heavy atom. The maximum atomic E-state index is 12.0. The number of benzene rings is 2. The minimum atomic E-state index is -3.18. The van der Waals surface area contributed by atoms with E-state index in [0.29, 0.717) is 23.6 Å². The molecule has 0 atom stereocenters. The quantitative estimate of drug-likeness (QED) is 0.831. The zero-order valence-electron chi connectivity index (χ0n) is 13.8. The first-order valence-corrected chi connectivity index (χ1v) is 9.47. The molecule has 0 unspecified atom stereocenters. The lowest BCUT2D eigenvalue weighted by atomic mass is 10.1. The van der Waals surface area contributed by atoms with Gasteiger partial charge in [0.05, 0.1) is 18.4 Å². The highest BCUT2D eigenvalue weighted by Gasteiger charge is 2.08. The van der Waals surface area contributed by atoms with E-state index in [1.165, 1.54) is 6.26 Å². The van der Waals surface area contributed by atoms with Gasteiger partial charge in [0.2, 0.25) is 5.91 Å². The molecule has 128 valence electrons. The summed E-state index contributed by atoms with van der Waals surface area (Å²) in [6, 6.07) is 14.1. The molecule has 2 rings (SSSR count). The van der Waals surface area contributed by atoms with Gasteiger partial charge in [0.1, 0.15) is 5.75 Å². The number of carbonyl (C=O) groups excluding carboxylic acids is 1. The van der Waals surface area contributed by atoms with E-state index in [-0.39, 0.29) is 12.3 Å². The van der Waals surface area contributed by atoms with Gasteiger partial charge in [-0.2, -0.15) is 0 Å². The Balaban J connectivity index is 1.84. The molecule has 0 heterocycles. The van der Waals surface area contributed by atoms with Gasteiger partial charge >= 0.3 is 0 Å². The summed E-state index contributed by atoms with van der Waals surface area (Å²) in [5.74, 6) is 0.622. The van der Waals surface area contributed by atoms with Crippen molar-refractivity contribution in [2.75, 3.05) is 19.9 Å². The SMILES string of the molecule is COc1ccccc1CC(=O)NCCc1ccc(S(C)(=O)=O)cc1. The Labute approximate surface area is 142 Å². The van der Waals surface area contributed by atoms with Crippen LogP contribution in [0.4, 0.5) is 0 Å². The van der Waals surface area contributed by atoms with Crippen LogP contribution in [0, 0.1) is 0 Å². The van der Waals surface area contributed by atoms with E-state index in [2.05, 4.69) is 5.32 Å². The number of amides is 1. The summed E-state index contributed by atoms with van der Waals surface area (Å²) >= 11 is 0. The van der Waals surface area contributed by atoms with Crippen LogP contribution in [0.3, 0.4) is 0 Å². The molecule has 0 aliphatic carbocycles. The van der Waals surface area contributed by atoms with E-state index in [9.17, 15) is 13.2 Å². The lowest BCUT2D eigenvalue weighted by molar-refractivity contribution is -0.120. The number of methoxy groups -OCH3 is 1. The van der Waals surface area contributed by atoms with Crippen molar-refractivity contribution in [3.8, 4) is 5.75 Å². The Bertz CT molecular complexity index is 798. The summed E-state index contributed by atoms with van der Waals surface area (Å²) in [7, 11) is -1.60. The highest BCUT2D eigenvalue weighted by Crippen LogP contribution is 2.17. The first-order chi connectivity index (χ1) is 11.4. The summed E-state index contributed by atoms with van der Waals surface area (Å²) in [4.78, 5) is 12.3. The molecular weight excluding hydrogens is 326 g/mol. The summed E-state index contributed by atoms with van der Waals surface area (Å²) in [6.07, 6.45) is 2.08. The van der Waals surface area contributed by atoms with Crippen LogP contribution >= 0.6 is 0 Å². The van der Waals surface area contributed by atoms with Crippen molar-refractivity contribution in [2.24, 2.45) is 0 Å². The molecule has 0 bridgehead atoms. The summed E-state index contributed by atoms with van der Waals surface area (Å²) < 4.78 is 28.0. The van der Waals surface area contributed by atoms with Gasteiger partial charge in [0.15, 0.2) is 9.84 Å². The van der Waals surface area contributed by atoms with Gasteiger partial charge in [-0.15, -0.1) is 0 Å². The smallest absolute Gasteiger partial charge is 0.224 e. The van der Waals surface area contributed by atoms with E-state index < -0.39 is 9.84 Å². The van der Waals surface area contributed by atoms with Gasteiger partial charge in [0.25, 0.3) is 0 Å². The van der Waals surface area contributed by atoms with Crippen molar-refractivity contribution in [1.82, 2.24) is 5.32 Å². The Hall–Kier alpha value is -2.34. The van der Waals surface area contributed by atoms with Crippen molar-refractivity contribution in [1.29, 1.82) is 0 Å². The largest absolute Gasteiger partial charge is 0.496 e. The Morgan fingerprint density at radius 1 is 1.08 bits per heavy atom. The van der Waals surface area contributed by atoms with E-state index in [4.69, 9.17) is 4.74 Å². The Kier molecular flexibility index (Phi) is 5.98. The molecule has 0 saturated heterocycles. The maximum absolute atomic E-state index is 12.0. The molecule has 0 fully saturated rings. The van der Waals surface area contributed by atoms with Crippen LogP contribution in [0.5, 0.6) is 5.75 Å². The molecule has 0 radical (unpaired) electrons. The number of ether oxygens (including phenoxy) is 1. The lowest BCUT2D eigenvalue weighted by Gasteiger charge is -2.09. The third-order valence-electron chi connectivity index (χ3n) is 3.63. The van der Waals surface area contributed by atoms with Crippen LogP contribution in [-0.4, -0.2) is 34.2 Å². The number of hydrogen-bond acceptors (Lipinski definition) is 4. The minimum absolute atomic E-state index is 0.0766. The van der Waals surface area contributed by atoms with Crippen LogP contribution in [-0.2, 0) is 27.5 Å². The second-order valence-corrected chi connectivity index (χ2v) is 7.52. The van der Waals surface area contributed by atoms with E-state index in [1.54, 1.807) is 31.4 Å². The van der Waals surface area contributed by atoms with E-state index >= 15 is 0 Å². The molecule has 0 saturated carbocycles. The molecule has 24 heavy (non-hydrogen) atoms. The van der Waals surface area contributed by atoms with E-state index in [0.717, 1.165) is 11.1 Å². The molecule has 0 aromatic heterocycles. The molecule has 1 amide bonds. The zero-order valence-corrected chi connectivity index (χ0v) is 14.6. The third-order valence-corrected chi connectivity index (χ3v) is 4.76. The second kappa shape index (κ2) is 7.97. The fourth-order valence-electron chi connectivity index (χ4n) is 2.33. The Morgan fingerprint density at radius 3 is 2.38 bits per heavy atom. The molecule has 2 aromatic carbocycles. The summed E-state index contributed by atoms with van der Waals surface area (Å²) in [5, 5.41) is 2.86. The lowest BCUT2D eigenvalue weighted by Crippen LogP contribution is -2.27. The van der Waals surface area contributed by atoms with Gasteiger partial charge in [0, 0.05) is 18.4 Å². The first kappa shape index (κ1) is 18.0. The van der Waals surface area contributed by atoms with Gasteiger partial charge in [-0.05, 0) is 30.2 Å². The van der Waals surface area contributed by atoms with Crippen molar-refractivity contribution in [2.45, 2.75) is 17.7 Å². The summed E-state index contributed by atoms with van der Waals surface area (Å²) in [6.45, 7) is 0.492. The van der Waals surface area contributed by atoms with Crippen LogP contribution in [0.15, 0.2) is 53.4 Å². The van der Waals surface area contributed by atoms with Gasteiger partial charge in [-0.1, -0.05) is 30.3 Å². The minimum Gasteiger partial charge on any atom is -0.496 e. The van der Waals surface area contributed by atoms with Gasteiger partial charge in [-0.3, -0.25) is 4.79 Å². The van der Waals surface area contributed by atoms with Crippen LogP contribution in [0.2, 0.25) is 0 Å². The third kappa shape index (κ3) is 5.09. The molecule has 0 spiro atoms. The molecule has 6 heteroatoms. The molecule has 0 aliphatic heterocycles. The molecular formula is C18H21NO4S. The predicted molar refractivity (Wildman–Crippen MR) is 93.0 cm³/mol. The number of nitrogens with one attached hydrogen (secondary N) is 1. The molecule has 2 aromatic rings. The van der Waals surface area contributed by atoms with Crippen molar-refractivity contribution in [3.63, 3.8) is 0 Å². The zero-order chi connectivity index (χ0) is 17.6. The number of rotatable bonds is 7. The highest BCUT2D eigenvalue weighted by molar-refractivity contribution is 7.90. The second-order valence-electron chi connectivity index (χ2n) is 5.50. The average Bonchev–Trinajstić information content (AvgIpc) is 2.55. The molecule has 0 aliphatic rings. The number of para-hydroxylation sites is 1. The fraction of sp³-hybridized carbons (Fsp3) is 0.278. The van der Waals surface area contributed by atoms with Crippen molar-refractivity contribution < 1.29 is 17.9 Å². The number of sulfone groups is 1. The topological polar surface area (TPSA) is 72.5 Å². The average molecular weight is 347 g/mol. The van der Waals surface area contributed by atoms with Gasteiger partial charge in [-0.25, -0.2) is 8.42 Å². The van der Waals surface area contributed by atoms with Crippen LogP contribution in [0.25, 0.3) is 0 Å². The molecule has 1 N–H and O–H groups in total.